The second-order valence-corrected chi connectivity index (χ2v) is 7.30. The van der Waals surface area contributed by atoms with Crippen molar-refractivity contribution in [3.8, 4) is 11.3 Å². The van der Waals surface area contributed by atoms with Gasteiger partial charge in [0.25, 0.3) is 5.78 Å². The summed E-state index contributed by atoms with van der Waals surface area (Å²) in [5, 5.41) is 13.6. The van der Waals surface area contributed by atoms with Crippen molar-refractivity contribution in [1.29, 1.82) is 0 Å². The molecule has 0 spiro atoms. The lowest BCUT2D eigenvalue weighted by Gasteiger charge is -2.09. The van der Waals surface area contributed by atoms with E-state index in [2.05, 4.69) is 20.5 Å². The predicted octanol–water partition coefficient (Wildman–Crippen LogP) is 4.88. The lowest BCUT2D eigenvalue weighted by molar-refractivity contribution is 0.103. The Morgan fingerprint density at radius 3 is 2.45 bits per heavy atom. The van der Waals surface area contributed by atoms with Gasteiger partial charge in [0.2, 0.25) is 0 Å². The molecule has 0 N–H and O–H groups in total. The highest BCUT2D eigenvalue weighted by Gasteiger charge is 2.16. The van der Waals surface area contributed by atoms with Gasteiger partial charge in [-0.05, 0) is 65.0 Å². The highest BCUT2D eigenvalue weighted by molar-refractivity contribution is 6.31. The van der Waals surface area contributed by atoms with Crippen LogP contribution in [0.25, 0.3) is 27.9 Å². The molecule has 140 valence electrons. The van der Waals surface area contributed by atoms with Crippen LogP contribution in [0.2, 0.25) is 10.0 Å². The largest absolute Gasteiger partial charge is 0.289 e. The summed E-state index contributed by atoms with van der Waals surface area (Å²) in [6, 6.07) is 19.5. The standard InChI is InChI=1S/C21H11Cl2N5O/c22-15-7-4-12(5-8-15)20(29)14-6-9-18-17(11-14)19(13-2-1-3-16(23)10-13)24-21-25-26-27-28(18)21/h1-11H. The zero-order valence-electron chi connectivity index (χ0n) is 14.8. The first-order valence-electron chi connectivity index (χ1n) is 8.68. The number of ketones is 1. The van der Waals surface area contributed by atoms with Gasteiger partial charge in [-0.15, -0.1) is 0 Å². The number of tetrazole rings is 1. The summed E-state index contributed by atoms with van der Waals surface area (Å²) in [5.41, 5.74) is 3.27. The molecular formula is C21H11Cl2N5O. The van der Waals surface area contributed by atoms with Crippen molar-refractivity contribution in [3.05, 3.63) is 87.9 Å². The summed E-state index contributed by atoms with van der Waals surface area (Å²) in [6.07, 6.45) is 0. The second-order valence-electron chi connectivity index (χ2n) is 6.43. The second kappa shape index (κ2) is 6.92. The Balaban J connectivity index is 1.75. The molecule has 0 aliphatic heterocycles. The number of carbonyl (C=O) groups is 1. The lowest BCUT2D eigenvalue weighted by Crippen LogP contribution is -2.03. The Bertz CT molecular complexity index is 1400. The zero-order valence-corrected chi connectivity index (χ0v) is 16.3. The topological polar surface area (TPSA) is 73.0 Å². The van der Waals surface area contributed by atoms with E-state index in [4.69, 9.17) is 23.2 Å². The van der Waals surface area contributed by atoms with Crippen molar-refractivity contribution >= 4 is 45.7 Å². The van der Waals surface area contributed by atoms with E-state index in [1.807, 2.05) is 24.3 Å². The van der Waals surface area contributed by atoms with Crippen LogP contribution < -0.4 is 0 Å². The fraction of sp³-hybridized carbons (Fsp3) is 0. The molecule has 0 atom stereocenters. The molecule has 5 aromatic rings. The number of benzene rings is 3. The van der Waals surface area contributed by atoms with Crippen LogP contribution in [0, 0.1) is 0 Å². The minimum Gasteiger partial charge on any atom is -0.289 e. The summed E-state index contributed by atoms with van der Waals surface area (Å²) in [4.78, 5) is 17.6. The number of carbonyl (C=O) groups excluding carboxylic acids is 1. The summed E-state index contributed by atoms with van der Waals surface area (Å²) < 4.78 is 1.54. The number of aromatic nitrogens is 5. The van der Waals surface area contributed by atoms with Crippen molar-refractivity contribution < 1.29 is 4.79 Å². The Kier molecular flexibility index (Phi) is 4.23. The van der Waals surface area contributed by atoms with E-state index in [0.29, 0.717) is 32.6 Å². The zero-order chi connectivity index (χ0) is 20.0. The lowest BCUT2D eigenvalue weighted by atomic mass is 9.99. The maximum Gasteiger partial charge on any atom is 0.274 e. The van der Waals surface area contributed by atoms with Gasteiger partial charge in [-0.25, -0.2) is 4.98 Å². The van der Waals surface area contributed by atoms with E-state index in [9.17, 15) is 4.79 Å². The molecule has 29 heavy (non-hydrogen) atoms. The van der Waals surface area contributed by atoms with Crippen LogP contribution in [-0.4, -0.2) is 30.8 Å². The minimum absolute atomic E-state index is 0.113. The van der Waals surface area contributed by atoms with Gasteiger partial charge in [0.15, 0.2) is 5.78 Å². The van der Waals surface area contributed by atoms with E-state index >= 15 is 0 Å². The number of halogens is 2. The van der Waals surface area contributed by atoms with Crippen LogP contribution in [-0.2, 0) is 0 Å². The quantitative estimate of drug-likeness (QED) is 0.389. The average Bonchev–Trinajstić information content (AvgIpc) is 3.22. The normalized spacial score (nSPS) is 11.2. The van der Waals surface area contributed by atoms with Gasteiger partial charge in [-0.1, -0.05) is 40.4 Å². The van der Waals surface area contributed by atoms with Gasteiger partial charge in [0, 0.05) is 32.1 Å². The van der Waals surface area contributed by atoms with Crippen molar-refractivity contribution in [2.45, 2.75) is 0 Å². The number of fused-ring (bicyclic) bond motifs is 3. The highest BCUT2D eigenvalue weighted by Crippen LogP contribution is 2.30. The predicted molar refractivity (Wildman–Crippen MR) is 111 cm³/mol. The number of hydrogen-bond acceptors (Lipinski definition) is 5. The van der Waals surface area contributed by atoms with Crippen LogP contribution in [0.3, 0.4) is 0 Å². The van der Waals surface area contributed by atoms with Gasteiger partial charge in [0.1, 0.15) is 0 Å². The van der Waals surface area contributed by atoms with Crippen molar-refractivity contribution in [1.82, 2.24) is 25.0 Å². The van der Waals surface area contributed by atoms with Crippen LogP contribution in [0.1, 0.15) is 15.9 Å². The van der Waals surface area contributed by atoms with Crippen LogP contribution in [0.4, 0.5) is 0 Å². The minimum atomic E-state index is -0.113. The van der Waals surface area contributed by atoms with Gasteiger partial charge in [-0.2, -0.15) is 4.52 Å². The monoisotopic (exact) mass is 419 g/mol. The van der Waals surface area contributed by atoms with Gasteiger partial charge in [-0.3, -0.25) is 4.79 Å². The third-order valence-electron chi connectivity index (χ3n) is 4.61. The first kappa shape index (κ1) is 17.7. The molecule has 5 rings (SSSR count). The first-order valence-corrected chi connectivity index (χ1v) is 9.44. The molecule has 3 aromatic carbocycles. The maximum atomic E-state index is 13.0. The molecule has 6 nitrogen and oxygen atoms in total. The third kappa shape index (κ3) is 3.12. The molecule has 0 bridgehead atoms. The van der Waals surface area contributed by atoms with E-state index in [1.54, 1.807) is 47.0 Å². The summed E-state index contributed by atoms with van der Waals surface area (Å²) in [6.45, 7) is 0. The highest BCUT2D eigenvalue weighted by atomic mass is 35.5. The van der Waals surface area contributed by atoms with Gasteiger partial charge < -0.3 is 0 Å². The molecule has 0 aliphatic rings. The molecular weight excluding hydrogens is 409 g/mol. The fourth-order valence-corrected chi connectivity index (χ4v) is 3.56. The molecule has 0 aliphatic carbocycles. The molecule has 8 heteroatoms. The number of rotatable bonds is 3. The van der Waals surface area contributed by atoms with E-state index in [-0.39, 0.29) is 5.78 Å². The molecule has 2 heterocycles. The molecule has 0 saturated carbocycles. The maximum absolute atomic E-state index is 13.0. The molecule has 2 aromatic heterocycles. The molecule has 0 amide bonds. The summed E-state index contributed by atoms with van der Waals surface area (Å²) in [5.74, 6) is 0.252. The van der Waals surface area contributed by atoms with E-state index in [1.165, 1.54) is 0 Å². The Morgan fingerprint density at radius 1 is 0.862 bits per heavy atom. The number of nitrogens with zero attached hydrogens (tertiary/aromatic N) is 5. The average molecular weight is 420 g/mol. The van der Waals surface area contributed by atoms with Crippen LogP contribution in [0.15, 0.2) is 66.7 Å². The summed E-state index contributed by atoms with van der Waals surface area (Å²) in [7, 11) is 0. The van der Waals surface area contributed by atoms with E-state index in [0.717, 1.165) is 16.5 Å². The van der Waals surface area contributed by atoms with Crippen molar-refractivity contribution in [2.75, 3.05) is 0 Å². The number of hydrogen-bond donors (Lipinski definition) is 0. The molecule has 0 radical (unpaired) electrons. The Morgan fingerprint density at radius 2 is 1.66 bits per heavy atom. The fourth-order valence-electron chi connectivity index (χ4n) is 3.24. The molecule has 0 unspecified atom stereocenters. The third-order valence-corrected chi connectivity index (χ3v) is 5.10. The smallest absolute Gasteiger partial charge is 0.274 e. The molecule has 0 saturated heterocycles. The Labute approximate surface area is 174 Å². The Hall–Kier alpha value is -3.35. The van der Waals surface area contributed by atoms with Crippen molar-refractivity contribution in [2.24, 2.45) is 0 Å². The summed E-state index contributed by atoms with van der Waals surface area (Å²) >= 11 is 12.1. The van der Waals surface area contributed by atoms with E-state index < -0.39 is 0 Å². The SMILES string of the molecule is O=C(c1ccc(Cl)cc1)c1ccc2c(c1)c(-c1cccc(Cl)c1)nc1nnnn12. The van der Waals surface area contributed by atoms with Crippen LogP contribution >= 0.6 is 23.2 Å². The first-order chi connectivity index (χ1) is 14.1. The molecule has 0 fully saturated rings. The van der Waals surface area contributed by atoms with Crippen LogP contribution in [0.5, 0.6) is 0 Å². The van der Waals surface area contributed by atoms with Crippen molar-refractivity contribution in [3.63, 3.8) is 0 Å². The van der Waals surface area contributed by atoms with Gasteiger partial charge >= 0.3 is 0 Å². The van der Waals surface area contributed by atoms with Gasteiger partial charge in [0.05, 0.1) is 11.2 Å².